The van der Waals surface area contributed by atoms with E-state index in [2.05, 4.69) is 13.8 Å². The molecular formula is C16H34O5S-2. The highest BCUT2D eigenvalue weighted by atomic mass is 32.3. The van der Waals surface area contributed by atoms with Crippen molar-refractivity contribution >= 4 is 10.4 Å². The molecule has 6 heteroatoms. The lowest BCUT2D eigenvalue weighted by atomic mass is 10.0. The van der Waals surface area contributed by atoms with Crippen molar-refractivity contribution < 1.29 is 22.6 Å². The van der Waals surface area contributed by atoms with Crippen molar-refractivity contribution in [2.45, 2.75) is 90.9 Å². The second-order valence-electron chi connectivity index (χ2n) is 6.02. The fraction of sp³-hybridized carbons (Fsp3) is 1.00. The molecule has 0 saturated carbocycles. The van der Waals surface area contributed by atoms with Crippen LogP contribution in [-0.4, -0.2) is 29.2 Å². The average Bonchev–Trinajstić information content (AvgIpc) is 2.42. The third kappa shape index (κ3) is 32.0. The van der Waals surface area contributed by atoms with E-state index in [0.29, 0.717) is 12.5 Å². The lowest BCUT2D eigenvalue weighted by molar-refractivity contribution is 0.227. The standard InChI is InChI=1S/C16H34O.H2O4S/c1-3-4-5-6-7-8-9-10-11-12-13-14-16(2)15-17;1-5(2,3)4/h16-17H,3-15H2,1-2H3;(H2,1,2,3,4)/p-2. The Labute approximate surface area is 137 Å². The number of aliphatic hydroxyl groups is 1. The third-order valence-electron chi connectivity index (χ3n) is 3.61. The van der Waals surface area contributed by atoms with Crippen LogP contribution < -0.4 is 0 Å². The monoisotopic (exact) mass is 338 g/mol. The Morgan fingerprint density at radius 3 is 1.45 bits per heavy atom. The highest BCUT2D eigenvalue weighted by molar-refractivity contribution is 7.79. The normalized spacial score (nSPS) is 12.6. The fourth-order valence-corrected chi connectivity index (χ4v) is 2.25. The van der Waals surface area contributed by atoms with E-state index in [9.17, 15) is 0 Å². The van der Waals surface area contributed by atoms with Crippen molar-refractivity contribution in [3.05, 3.63) is 0 Å². The van der Waals surface area contributed by atoms with Gasteiger partial charge in [-0.2, -0.15) is 0 Å². The van der Waals surface area contributed by atoms with Crippen molar-refractivity contribution in [2.24, 2.45) is 5.92 Å². The van der Waals surface area contributed by atoms with Crippen LogP contribution in [0.25, 0.3) is 0 Å². The summed E-state index contributed by atoms with van der Waals surface area (Å²) in [7, 11) is -5.17. The van der Waals surface area contributed by atoms with Gasteiger partial charge in [0.15, 0.2) is 0 Å². The SMILES string of the molecule is CCCCCCCCCCCCCC(C)CO.O=S(=O)([O-])[O-]. The van der Waals surface area contributed by atoms with Gasteiger partial charge in [-0.3, -0.25) is 8.42 Å². The molecule has 0 amide bonds. The largest absolute Gasteiger partial charge is 0.759 e. The molecule has 0 aromatic rings. The predicted octanol–water partition coefficient (Wildman–Crippen LogP) is 3.98. The topological polar surface area (TPSA) is 100 Å². The van der Waals surface area contributed by atoms with E-state index < -0.39 is 10.4 Å². The van der Waals surface area contributed by atoms with Crippen molar-refractivity contribution in [1.29, 1.82) is 0 Å². The molecule has 0 aliphatic heterocycles. The van der Waals surface area contributed by atoms with Gasteiger partial charge in [-0.15, -0.1) is 0 Å². The smallest absolute Gasteiger partial charge is 0.0456 e. The molecule has 1 unspecified atom stereocenters. The number of rotatable bonds is 13. The minimum Gasteiger partial charge on any atom is -0.759 e. The molecule has 0 rings (SSSR count). The first kappa shape index (κ1) is 24.1. The van der Waals surface area contributed by atoms with E-state index in [1.165, 1.54) is 77.0 Å². The molecule has 1 N–H and O–H groups in total. The number of unbranched alkanes of at least 4 members (excludes halogenated alkanes) is 10. The number of hydrogen-bond donors (Lipinski definition) is 1. The Hall–Kier alpha value is -0.170. The van der Waals surface area contributed by atoms with Crippen LogP contribution in [0.15, 0.2) is 0 Å². The molecule has 1 atom stereocenters. The molecule has 5 nitrogen and oxygen atoms in total. The van der Waals surface area contributed by atoms with E-state index in [4.69, 9.17) is 22.6 Å². The molecule has 0 spiro atoms. The van der Waals surface area contributed by atoms with E-state index in [1.54, 1.807) is 0 Å². The summed E-state index contributed by atoms with van der Waals surface area (Å²) in [5.74, 6) is 0.508. The highest BCUT2D eigenvalue weighted by Gasteiger charge is 1.99. The predicted molar refractivity (Wildman–Crippen MR) is 87.8 cm³/mol. The van der Waals surface area contributed by atoms with E-state index in [1.807, 2.05) is 0 Å². The first-order valence-electron chi connectivity index (χ1n) is 8.58. The van der Waals surface area contributed by atoms with Crippen molar-refractivity contribution in [3.63, 3.8) is 0 Å². The molecule has 0 saturated heterocycles. The quantitative estimate of drug-likeness (QED) is 0.311. The van der Waals surface area contributed by atoms with Crippen LogP contribution in [0, 0.1) is 5.92 Å². The van der Waals surface area contributed by atoms with Crippen LogP contribution >= 0.6 is 0 Å². The molecule has 0 radical (unpaired) electrons. The van der Waals surface area contributed by atoms with Gasteiger partial charge in [0.25, 0.3) is 0 Å². The molecule has 136 valence electrons. The first-order valence-corrected chi connectivity index (χ1v) is 9.92. The Kier molecular flexibility index (Phi) is 18.8. The summed E-state index contributed by atoms with van der Waals surface area (Å²) < 4.78 is 34.1. The zero-order valence-electron chi connectivity index (χ0n) is 14.3. The summed E-state index contributed by atoms with van der Waals surface area (Å²) in [5, 5.41) is 8.90. The van der Waals surface area contributed by atoms with E-state index in [-0.39, 0.29) is 0 Å². The van der Waals surface area contributed by atoms with Crippen molar-refractivity contribution in [3.8, 4) is 0 Å². The third-order valence-corrected chi connectivity index (χ3v) is 3.61. The summed E-state index contributed by atoms with van der Waals surface area (Å²) in [6.07, 6.45) is 16.7. The molecule has 0 fully saturated rings. The van der Waals surface area contributed by atoms with Gasteiger partial charge in [0.1, 0.15) is 0 Å². The molecule has 0 aliphatic carbocycles. The molecule has 0 bridgehead atoms. The maximum atomic E-state index is 8.90. The summed E-state index contributed by atoms with van der Waals surface area (Å²) in [4.78, 5) is 0. The summed E-state index contributed by atoms with van der Waals surface area (Å²) in [5.41, 5.74) is 0. The van der Waals surface area contributed by atoms with Gasteiger partial charge in [-0.05, 0) is 12.3 Å². The highest BCUT2D eigenvalue weighted by Crippen LogP contribution is 2.13. The van der Waals surface area contributed by atoms with Crippen LogP contribution in [0.5, 0.6) is 0 Å². The fourth-order valence-electron chi connectivity index (χ4n) is 2.25. The summed E-state index contributed by atoms with van der Waals surface area (Å²) >= 11 is 0. The van der Waals surface area contributed by atoms with Crippen LogP contribution in [0.2, 0.25) is 0 Å². The van der Waals surface area contributed by atoms with Gasteiger partial charge in [0.05, 0.1) is 0 Å². The van der Waals surface area contributed by atoms with Crippen LogP contribution in [0.4, 0.5) is 0 Å². The average molecular weight is 339 g/mol. The van der Waals surface area contributed by atoms with Gasteiger partial charge < -0.3 is 14.2 Å². The maximum Gasteiger partial charge on any atom is 0.0456 e. The van der Waals surface area contributed by atoms with Crippen LogP contribution in [0.1, 0.15) is 90.9 Å². The van der Waals surface area contributed by atoms with Crippen LogP contribution in [0.3, 0.4) is 0 Å². The molecule has 0 heterocycles. The number of hydrogen-bond acceptors (Lipinski definition) is 5. The van der Waals surface area contributed by atoms with E-state index in [0.717, 1.165) is 0 Å². The Bertz CT molecular complexity index is 296. The Morgan fingerprint density at radius 1 is 0.818 bits per heavy atom. The second kappa shape index (κ2) is 17.2. The maximum absolute atomic E-state index is 8.90. The number of aliphatic hydroxyl groups excluding tert-OH is 1. The molecule has 0 aromatic carbocycles. The zero-order chi connectivity index (χ0) is 17.3. The van der Waals surface area contributed by atoms with Gasteiger partial charge in [-0.25, -0.2) is 0 Å². The van der Waals surface area contributed by atoms with Gasteiger partial charge in [0.2, 0.25) is 0 Å². The van der Waals surface area contributed by atoms with Crippen LogP contribution in [-0.2, 0) is 10.4 Å². The van der Waals surface area contributed by atoms with Crippen molar-refractivity contribution in [1.82, 2.24) is 0 Å². The lowest BCUT2D eigenvalue weighted by Crippen LogP contribution is -1.99. The lowest BCUT2D eigenvalue weighted by Gasteiger charge is -2.06. The van der Waals surface area contributed by atoms with Gasteiger partial charge in [-0.1, -0.05) is 84.5 Å². The minimum absolute atomic E-state index is 0.359. The Morgan fingerprint density at radius 2 is 1.14 bits per heavy atom. The summed E-state index contributed by atoms with van der Waals surface area (Å²) in [6, 6.07) is 0. The Balaban J connectivity index is 0. The summed E-state index contributed by atoms with van der Waals surface area (Å²) in [6.45, 7) is 4.77. The van der Waals surface area contributed by atoms with Crippen molar-refractivity contribution in [2.75, 3.05) is 6.61 Å². The van der Waals surface area contributed by atoms with Gasteiger partial charge in [0, 0.05) is 17.0 Å². The molecular weight excluding hydrogens is 304 g/mol. The van der Waals surface area contributed by atoms with Gasteiger partial charge >= 0.3 is 0 Å². The molecule has 0 aliphatic rings. The zero-order valence-corrected chi connectivity index (χ0v) is 15.1. The minimum atomic E-state index is -5.17. The first-order chi connectivity index (χ1) is 10.3. The molecule has 22 heavy (non-hydrogen) atoms. The second-order valence-corrected chi connectivity index (χ2v) is 6.84. The molecule has 0 aromatic heterocycles. The van der Waals surface area contributed by atoms with E-state index >= 15 is 0 Å².